The van der Waals surface area contributed by atoms with Crippen LogP contribution in [-0.4, -0.2) is 18.0 Å². The van der Waals surface area contributed by atoms with Gasteiger partial charge in [-0.25, -0.2) is 0 Å². The van der Waals surface area contributed by atoms with Crippen LogP contribution in [-0.2, 0) is 5.88 Å². The lowest BCUT2D eigenvalue weighted by atomic mass is 9.86. The third-order valence-electron chi connectivity index (χ3n) is 4.34. The molecule has 1 saturated carbocycles. The number of benzene rings is 1. The van der Waals surface area contributed by atoms with E-state index in [1.165, 1.54) is 25.7 Å². The van der Waals surface area contributed by atoms with Crippen LogP contribution in [0, 0.1) is 16.0 Å². The third kappa shape index (κ3) is 3.23. The molecule has 1 fully saturated rings. The second-order valence-corrected chi connectivity index (χ2v) is 6.00. The number of halogens is 1. The number of alkyl halides is 1. The van der Waals surface area contributed by atoms with E-state index in [9.17, 15) is 10.1 Å². The molecule has 0 bridgehead atoms. The van der Waals surface area contributed by atoms with Crippen LogP contribution >= 0.6 is 11.6 Å². The van der Waals surface area contributed by atoms with E-state index < -0.39 is 0 Å². The van der Waals surface area contributed by atoms with Crippen LogP contribution in [0.3, 0.4) is 0 Å². The molecule has 5 heteroatoms. The minimum absolute atomic E-state index is 0.106. The van der Waals surface area contributed by atoms with Gasteiger partial charge in [0.25, 0.3) is 5.69 Å². The van der Waals surface area contributed by atoms with E-state index in [1.54, 1.807) is 6.07 Å². The molecule has 20 heavy (non-hydrogen) atoms. The summed E-state index contributed by atoms with van der Waals surface area (Å²) in [6.07, 6.45) is 4.88. The molecule has 0 aromatic heterocycles. The second-order valence-electron chi connectivity index (χ2n) is 5.73. The Labute approximate surface area is 124 Å². The van der Waals surface area contributed by atoms with Crippen LogP contribution < -0.4 is 4.90 Å². The van der Waals surface area contributed by atoms with Crippen molar-refractivity contribution in [3.05, 3.63) is 33.9 Å². The predicted molar refractivity (Wildman–Crippen MR) is 82.5 cm³/mol. The fourth-order valence-electron chi connectivity index (χ4n) is 2.92. The summed E-state index contributed by atoms with van der Waals surface area (Å²) in [6, 6.07) is 5.76. The van der Waals surface area contributed by atoms with E-state index in [4.69, 9.17) is 11.6 Å². The minimum Gasteiger partial charge on any atom is -0.372 e. The molecule has 4 nitrogen and oxygen atoms in total. The van der Waals surface area contributed by atoms with Gasteiger partial charge in [0.1, 0.15) is 0 Å². The average Bonchev–Trinajstić information content (AvgIpc) is 2.46. The number of hydrogen-bond acceptors (Lipinski definition) is 3. The smallest absolute Gasteiger partial charge is 0.273 e. The summed E-state index contributed by atoms with van der Waals surface area (Å²) in [5.41, 5.74) is 1.71. The quantitative estimate of drug-likeness (QED) is 0.471. The van der Waals surface area contributed by atoms with E-state index in [-0.39, 0.29) is 16.5 Å². The first kappa shape index (κ1) is 15.1. The number of hydrogen-bond donors (Lipinski definition) is 0. The first-order chi connectivity index (χ1) is 9.52. The number of nitro benzene ring substituents is 1. The number of nitrogens with zero attached hydrogens (tertiary/aromatic N) is 2. The van der Waals surface area contributed by atoms with Crippen molar-refractivity contribution in [2.75, 3.05) is 11.9 Å². The predicted octanol–water partition coefficient (Wildman–Crippen LogP) is 4.35. The molecule has 0 amide bonds. The molecule has 1 aromatic carbocycles. The zero-order chi connectivity index (χ0) is 14.7. The molecule has 1 aliphatic carbocycles. The maximum absolute atomic E-state index is 10.9. The lowest BCUT2D eigenvalue weighted by Gasteiger charge is -2.35. The van der Waals surface area contributed by atoms with Crippen molar-refractivity contribution in [3.8, 4) is 0 Å². The van der Waals surface area contributed by atoms with Crippen molar-refractivity contribution < 1.29 is 4.92 Å². The Hall–Kier alpha value is -1.29. The molecule has 2 rings (SSSR count). The lowest BCUT2D eigenvalue weighted by Crippen LogP contribution is -2.34. The molecule has 0 heterocycles. The maximum atomic E-state index is 10.9. The largest absolute Gasteiger partial charge is 0.372 e. The normalized spacial score (nSPS) is 22.6. The monoisotopic (exact) mass is 296 g/mol. The first-order valence-corrected chi connectivity index (χ1v) is 7.62. The zero-order valence-corrected chi connectivity index (χ0v) is 12.8. The Kier molecular flexibility index (Phi) is 4.86. The van der Waals surface area contributed by atoms with Crippen molar-refractivity contribution in [1.82, 2.24) is 0 Å². The molecule has 0 aliphatic heterocycles. The Morgan fingerprint density at radius 1 is 1.35 bits per heavy atom. The fraction of sp³-hybridized carbons (Fsp3) is 0.600. The molecule has 0 unspecified atom stereocenters. The molecule has 0 saturated heterocycles. The van der Waals surface area contributed by atoms with E-state index in [2.05, 4.69) is 18.9 Å². The van der Waals surface area contributed by atoms with Gasteiger partial charge in [-0.3, -0.25) is 10.1 Å². The van der Waals surface area contributed by atoms with Crippen LogP contribution in [0.5, 0.6) is 0 Å². The number of nitro groups is 1. The minimum atomic E-state index is -0.371. The van der Waals surface area contributed by atoms with Crippen molar-refractivity contribution in [3.63, 3.8) is 0 Å². The van der Waals surface area contributed by atoms with Gasteiger partial charge in [-0.15, -0.1) is 11.6 Å². The molecule has 1 aliphatic rings. The highest BCUT2D eigenvalue weighted by atomic mass is 35.5. The summed E-state index contributed by atoms with van der Waals surface area (Å²) in [5, 5.41) is 10.9. The highest BCUT2D eigenvalue weighted by molar-refractivity contribution is 6.17. The summed E-state index contributed by atoms with van der Waals surface area (Å²) >= 11 is 5.83. The van der Waals surface area contributed by atoms with Gasteiger partial charge in [0.15, 0.2) is 0 Å². The topological polar surface area (TPSA) is 46.4 Å². The summed E-state index contributed by atoms with van der Waals surface area (Å²) < 4.78 is 0. The third-order valence-corrected chi connectivity index (χ3v) is 4.63. The number of anilines is 1. The highest BCUT2D eigenvalue weighted by Gasteiger charge is 2.23. The highest BCUT2D eigenvalue weighted by Crippen LogP contribution is 2.32. The van der Waals surface area contributed by atoms with E-state index in [0.29, 0.717) is 11.6 Å². The molecule has 1 aromatic rings. The van der Waals surface area contributed by atoms with Gasteiger partial charge < -0.3 is 4.90 Å². The Morgan fingerprint density at radius 2 is 2.00 bits per heavy atom. The van der Waals surface area contributed by atoms with Crippen molar-refractivity contribution in [2.45, 2.75) is 44.5 Å². The fourth-order valence-corrected chi connectivity index (χ4v) is 3.13. The van der Waals surface area contributed by atoms with Crippen LogP contribution in [0.15, 0.2) is 18.2 Å². The van der Waals surface area contributed by atoms with Crippen LogP contribution in [0.1, 0.15) is 38.2 Å². The van der Waals surface area contributed by atoms with Crippen LogP contribution in [0.4, 0.5) is 11.4 Å². The summed E-state index contributed by atoms with van der Waals surface area (Å²) in [6.45, 7) is 2.30. The zero-order valence-electron chi connectivity index (χ0n) is 12.0. The molecule has 0 N–H and O–H groups in total. The van der Waals surface area contributed by atoms with Gasteiger partial charge in [-0.2, -0.15) is 0 Å². The maximum Gasteiger partial charge on any atom is 0.273 e. The summed E-state index contributed by atoms with van der Waals surface area (Å²) in [7, 11) is 2.07. The first-order valence-electron chi connectivity index (χ1n) is 7.09. The van der Waals surface area contributed by atoms with Gasteiger partial charge in [0.2, 0.25) is 0 Å². The number of rotatable bonds is 4. The Bertz CT molecular complexity index is 485. The van der Waals surface area contributed by atoms with E-state index >= 15 is 0 Å². The summed E-state index contributed by atoms with van der Waals surface area (Å²) in [4.78, 5) is 12.8. The standard InChI is InChI=1S/C15H21ClN2O2/c1-11-3-5-13(6-4-11)17(2)14-7-8-15(18(19)20)12(9-14)10-16/h7-9,11,13H,3-6,10H2,1-2H3. The molecule has 0 spiro atoms. The molecule has 0 atom stereocenters. The van der Waals surface area contributed by atoms with Crippen molar-refractivity contribution in [1.29, 1.82) is 0 Å². The molecular formula is C15H21ClN2O2. The molecule has 110 valence electrons. The van der Waals surface area contributed by atoms with Gasteiger partial charge in [0.05, 0.1) is 10.8 Å². The van der Waals surface area contributed by atoms with Crippen molar-refractivity contribution >= 4 is 23.0 Å². The van der Waals surface area contributed by atoms with Crippen LogP contribution in [0.25, 0.3) is 0 Å². The van der Waals surface area contributed by atoms with Gasteiger partial charge in [-0.1, -0.05) is 6.92 Å². The van der Waals surface area contributed by atoms with Gasteiger partial charge in [-0.05, 0) is 43.7 Å². The van der Waals surface area contributed by atoms with Crippen molar-refractivity contribution in [2.24, 2.45) is 5.92 Å². The molecular weight excluding hydrogens is 276 g/mol. The average molecular weight is 297 g/mol. The van der Waals surface area contributed by atoms with Crippen LogP contribution in [0.2, 0.25) is 0 Å². The molecule has 0 radical (unpaired) electrons. The Balaban J connectivity index is 2.18. The van der Waals surface area contributed by atoms with Gasteiger partial charge in [0, 0.05) is 30.4 Å². The second kappa shape index (κ2) is 6.44. The van der Waals surface area contributed by atoms with E-state index in [1.807, 2.05) is 12.1 Å². The van der Waals surface area contributed by atoms with E-state index in [0.717, 1.165) is 11.6 Å². The lowest BCUT2D eigenvalue weighted by molar-refractivity contribution is -0.385. The Morgan fingerprint density at radius 3 is 2.55 bits per heavy atom. The van der Waals surface area contributed by atoms with Gasteiger partial charge >= 0.3 is 0 Å². The summed E-state index contributed by atoms with van der Waals surface area (Å²) in [5.74, 6) is 0.981. The SMILES string of the molecule is CC1CCC(N(C)c2ccc([N+](=O)[O-])c(CCl)c2)CC1.